The number of carboxylic acid groups (broad SMARTS) is 1. The lowest BCUT2D eigenvalue weighted by Gasteiger charge is -2.30. The zero-order valence-corrected chi connectivity index (χ0v) is 6.56. The molecule has 1 heterocycles. The van der Waals surface area contributed by atoms with Gasteiger partial charge in [0.05, 0.1) is 19.3 Å². The van der Waals surface area contributed by atoms with Crippen molar-refractivity contribution in [2.24, 2.45) is 0 Å². The second kappa shape index (κ2) is 4.24. The summed E-state index contributed by atoms with van der Waals surface area (Å²) in [6.45, 7) is 1.26. The van der Waals surface area contributed by atoms with Crippen LogP contribution in [0.5, 0.6) is 0 Å². The average molecular weight is 176 g/mol. The summed E-state index contributed by atoms with van der Waals surface area (Å²) < 4.78 is 5.11. The molecule has 1 saturated heterocycles. The van der Waals surface area contributed by atoms with Crippen LogP contribution in [0.2, 0.25) is 0 Å². The number of morpholine rings is 1. The molecule has 0 spiro atoms. The van der Waals surface area contributed by atoms with Crippen LogP contribution in [0.25, 0.3) is 0 Å². The summed E-state index contributed by atoms with van der Waals surface area (Å²) in [5.74, 6) is 0. The molecule has 12 heavy (non-hydrogen) atoms. The van der Waals surface area contributed by atoms with Gasteiger partial charge in [-0.1, -0.05) is 0 Å². The first kappa shape index (κ1) is 9.24. The molecular weight excluding hydrogens is 164 g/mol. The van der Waals surface area contributed by atoms with Gasteiger partial charge in [0.25, 0.3) is 0 Å². The third-order valence-electron chi connectivity index (χ3n) is 1.60. The largest absolute Gasteiger partial charge is 0.464 e. The Morgan fingerprint density at radius 2 is 2.50 bits per heavy atom. The van der Waals surface area contributed by atoms with E-state index in [-0.39, 0.29) is 12.7 Å². The van der Waals surface area contributed by atoms with Crippen LogP contribution in [0.3, 0.4) is 0 Å². The predicted molar refractivity (Wildman–Crippen MR) is 39.6 cm³/mol. The molecule has 1 fully saturated rings. The quantitative estimate of drug-likeness (QED) is 0.495. The van der Waals surface area contributed by atoms with E-state index in [2.05, 4.69) is 5.43 Å². The molecule has 6 heteroatoms. The van der Waals surface area contributed by atoms with E-state index in [9.17, 15) is 4.79 Å². The maximum absolute atomic E-state index is 10.2. The van der Waals surface area contributed by atoms with Crippen molar-refractivity contribution < 1.29 is 19.7 Å². The molecule has 0 aromatic heterocycles. The van der Waals surface area contributed by atoms with E-state index in [1.54, 1.807) is 0 Å². The maximum Gasteiger partial charge on any atom is 0.419 e. The molecule has 6 nitrogen and oxygen atoms in total. The summed E-state index contributed by atoms with van der Waals surface area (Å²) in [5.41, 5.74) is 2.20. The van der Waals surface area contributed by atoms with E-state index in [0.29, 0.717) is 19.7 Å². The van der Waals surface area contributed by atoms with Crippen LogP contribution in [0.15, 0.2) is 0 Å². The topological polar surface area (TPSA) is 82.0 Å². The first-order valence-electron chi connectivity index (χ1n) is 3.69. The summed E-state index contributed by atoms with van der Waals surface area (Å²) in [7, 11) is 0. The van der Waals surface area contributed by atoms with E-state index >= 15 is 0 Å². The lowest BCUT2D eigenvalue weighted by Crippen LogP contribution is -2.52. The monoisotopic (exact) mass is 176 g/mol. The standard InChI is InChI=1S/C6H12N2O4/c9-4-5-3-8(1-2-12-5)7-6(10)11/h5,7,9H,1-4H2,(H,10,11). The molecule has 1 aliphatic heterocycles. The Morgan fingerprint density at radius 3 is 3.08 bits per heavy atom. The number of hydrazine groups is 1. The molecule has 0 bridgehead atoms. The number of aliphatic hydroxyl groups excluding tert-OH is 1. The fourth-order valence-electron chi connectivity index (χ4n) is 1.07. The Morgan fingerprint density at radius 1 is 1.75 bits per heavy atom. The number of hydrogen-bond donors (Lipinski definition) is 3. The number of nitrogens with zero attached hydrogens (tertiary/aromatic N) is 1. The van der Waals surface area contributed by atoms with Gasteiger partial charge in [0, 0.05) is 13.1 Å². The van der Waals surface area contributed by atoms with E-state index in [0.717, 1.165) is 0 Å². The molecule has 0 aromatic carbocycles. The van der Waals surface area contributed by atoms with E-state index < -0.39 is 6.09 Å². The second-order valence-electron chi connectivity index (χ2n) is 2.54. The zero-order valence-electron chi connectivity index (χ0n) is 6.56. The lowest BCUT2D eigenvalue weighted by atomic mass is 10.3. The number of ether oxygens (including phenoxy) is 1. The number of amides is 1. The van der Waals surface area contributed by atoms with Crippen LogP contribution in [0.1, 0.15) is 0 Å². The highest BCUT2D eigenvalue weighted by molar-refractivity contribution is 5.63. The molecule has 1 amide bonds. The molecular formula is C6H12N2O4. The highest BCUT2D eigenvalue weighted by atomic mass is 16.5. The highest BCUT2D eigenvalue weighted by Crippen LogP contribution is 2.01. The van der Waals surface area contributed by atoms with Gasteiger partial charge in [-0.3, -0.25) is 5.43 Å². The van der Waals surface area contributed by atoms with Gasteiger partial charge in [0.15, 0.2) is 0 Å². The van der Waals surface area contributed by atoms with Crippen molar-refractivity contribution in [2.45, 2.75) is 6.10 Å². The molecule has 0 aliphatic carbocycles. The molecule has 70 valence electrons. The lowest BCUT2D eigenvalue weighted by molar-refractivity contribution is -0.0651. The number of rotatable bonds is 2. The van der Waals surface area contributed by atoms with Gasteiger partial charge < -0.3 is 14.9 Å². The Hall–Kier alpha value is -0.850. The predicted octanol–water partition coefficient (Wildman–Crippen LogP) is -1.14. The molecule has 1 rings (SSSR count). The van der Waals surface area contributed by atoms with Crippen LogP contribution < -0.4 is 5.43 Å². The third-order valence-corrected chi connectivity index (χ3v) is 1.60. The molecule has 0 saturated carbocycles. The van der Waals surface area contributed by atoms with Gasteiger partial charge >= 0.3 is 6.09 Å². The minimum atomic E-state index is -1.09. The smallest absolute Gasteiger partial charge is 0.419 e. The number of nitrogens with one attached hydrogen (secondary N) is 1. The SMILES string of the molecule is O=C(O)NN1CCOC(CO)C1. The van der Waals surface area contributed by atoms with Crippen LogP contribution in [0.4, 0.5) is 4.79 Å². The number of hydrogen-bond acceptors (Lipinski definition) is 4. The minimum absolute atomic E-state index is 0.0855. The van der Waals surface area contributed by atoms with Crippen molar-refractivity contribution in [2.75, 3.05) is 26.3 Å². The van der Waals surface area contributed by atoms with Crippen LogP contribution in [-0.4, -0.2) is 53.7 Å². The molecule has 1 unspecified atom stereocenters. The van der Waals surface area contributed by atoms with Crippen LogP contribution >= 0.6 is 0 Å². The molecule has 0 aromatic rings. The van der Waals surface area contributed by atoms with Gasteiger partial charge in [-0.05, 0) is 0 Å². The first-order valence-corrected chi connectivity index (χ1v) is 3.69. The van der Waals surface area contributed by atoms with Gasteiger partial charge in [0.1, 0.15) is 0 Å². The summed E-state index contributed by atoms with van der Waals surface area (Å²) >= 11 is 0. The Bertz CT molecular complexity index is 164. The summed E-state index contributed by atoms with van der Waals surface area (Å²) in [6, 6.07) is 0. The average Bonchev–Trinajstić information content (AvgIpc) is 2.03. The Balaban J connectivity index is 2.30. The van der Waals surface area contributed by atoms with Crippen molar-refractivity contribution in [3.05, 3.63) is 0 Å². The van der Waals surface area contributed by atoms with Gasteiger partial charge in [-0.25, -0.2) is 9.80 Å². The second-order valence-corrected chi connectivity index (χ2v) is 2.54. The zero-order chi connectivity index (χ0) is 8.97. The Kier molecular flexibility index (Phi) is 3.27. The number of aliphatic hydroxyl groups is 1. The fourth-order valence-corrected chi connectivity index (χ4v) is 1.07. The van der Waals surface area contributed by atoms with Crippen molar-refractivity contribution in [1.82, 2.24) is 10.4 Å². The minimum Gasteiger partial charge on any atom is -0.464 e. The maximum atomic E-state index is 10.2. The van der Waals surface area contributed by atoms with Gasteiger partial charge in [0.2, 0.25) is 0 Å². The summed E-state index contributed by atoms with van der Waals surface area (Å²) in [5, 5.41) is 18.6. The van der Waals surface area contributed by atoms with E-state index in [4.69, 9.17) is 14.9 Å². The van der Waals surface area contributed by atoms with Crippen molar-refractivity contribution in [1.29, 1.82) is 0 Å². The van der Waals surface area contributed by atoms with Crippen molar-refractivity contribution >= 4 is 6.09 Å². The van der Waals surface area contributed by atoms with E-state index in [1.165, 1.54) is 5.01 Å². The fraction of sp³-hybridized carbons (Fsp3) is 0.833. The summed E-state index contributed by atoms with van der Waals surface area (Å²) in [4.78, 5) is 10.2. The van der Waals surface area contributed by atoms with Gasteiger partial charge in [-0.2, -0.15) is 0 Å². The van der Waals surface area contributed by atoms with Gasteiger partial charge in [-0.15, -0.1) is 0 Å². The first-order chi connectivity index (χ1) is 5.72. The highest BCUT2D eigenvalue weighted by Gasteiger charge is 2.20. The number of carbonyl (C=O) groups is 1. The normalized spacial score (nSPS) is 25.2. The third kappa shape index (κ3) is 2.65. The molecule has 1 aliphatic rings. The van der Waals surface area contributed by atoms with Crippen molar-refractivity contribution in [3.63, 3.8) is 0 Å². The van der Waals surface area contributed by atoms with E-state index in [1.807, 2.05) is 0 Å². The molecule has 0 radical (unpaired) electrons. The van der Waals surface area contributed by atoms with Crippen molar-refractivity contribution in [3.8, 4) is 0 Å². The molecule has 1 atom stereocenters. The summed E-state index contributed by atoms with van der Waals surface area (Å²) in [6.07, 6.45) is -1.38. The Labute approximate surface area is 69.7 Å². The van der Waals surface area contributed by atoms with Crippen LogP contribution in [0, 0.1) is 0 Å². The molecule has 3 N–H and O–H groups in total. The van der Waals surface area contributed by atoms with Crippen LogP contribution in [-0.2, 0) is 4.74 Å².